The average Bonchev–Trinajstić information content (AvgIpc) is 2.73. The van der Waals surface area contributed by atoms with Crippen molar-refractivity contribution in [2.24, 2.45) is 11.7 Å². The average molecular weight is 230 g/mol. The fraction of sp³-hybridized carbons (Fsp3) is 0.467. The molecule has 2 aromatic rings. The van der Waals surface area contributed by atoms with E-state index in [9.17, 15) is 0 Å². The first-order valence-electron chi connectivity index (χ1n) is 6.47. The van der Waals surface area contributed by atoms with Gasteiger partial charge in [0.15, 0.2) is 0 Å². The van der Waals surface area contributed by atoms with E-state index in [4.69, 9.17) is 5.73 Å². The Hall–Kier alpha value is -1.28. The first-order chi connectivity index (χ1) is 8.17. The van der Waals surface area contributed by atoms with Crippen molar-refractivity contribution >= 4 is 10.9 Å². The predicted molar refractivity (Wildman–Crippen MR) is 74.3 cm³/mol. The Kier molecular flexibility index (Phi) is 3.53. The van der Waals surface area contributed by atoms with Crippen molar-refractivity contribution in [3.05, 3.63) is 35.5 Å². The van der Waals surface area contributed by atoms with Gasteiger partial charge in [0.05, 0.1) is 0 Å². The van der Waals surface area contributed by atoms with E-state index >= 15 is 0 Å². The van der Waals surface area contributed by atoms with Crippen LogP contribution in [0.25, 0.3) is 10.9 Å². The lowest BCUT2D eigenvalue weighted by Crippen LogP contribution is -2.17. The predicted octanol–water partition coefficient (Wildman–Crippen LogP) is 3.43. The normalized spacial score (nSPS) is 13.5. The van der Waals surface area contributed by atoms with Crippen LogP contribution in [0.3, 0.4) is 0 Å². The molecule has 0 aliphatic carbocycles. The van der Waals surface area contributed by atoms with Gasteiger partial charge in [0.25, 0.3) is 0 Å². The molecule has 0 aliphatic rings. The largest absolute Gasteiger partial charge is 0.361 e. The third kappa shape index (κ3) is 2.22. The van der Waals surface area contributed by atoms with Gasteiger partial charge >= 0.3 is 0 Å². The SMILES string of the molecule is CCc1ccc2[nH]cc(C(CN)C(C)C)c2c1. The van der Waals surface area contributed by atoms with Gasteiger partial charge in [0, 0.05) is 23.0 Å². The Morgan fingerprint density at radius 1 is 1.29 bits per heavy atom. The summed E-state index contributed by atoms with van der Waals surface area (Å²) in [6, 6.07) is 6.66. The molecule has 0 amide bonds. The van der Waals surface area contributed by atoms with Crippen LogP contribution in [-0.2, 0) is 6.42 Å². The Bertz CT molecular complexity index is 497. The Morgan fingerprint density at radius 3 is 2.65 bits per heavy atom. The zero-order valence-corrected chi connectivity index (χ0v) is 11.0. The summed E-state index contributed by atoms with van der Waals surface area (Å²) >= 11 is 0. The Labute approximate surface area is 103 Å². The molecule has 17 heavy (non-hydrogen) atoms. The second kappa shape index (κ2) is 4.92. The maximum atomic E-state index is 5.91. The number of nitrogens with one attached hydrogen (secondary N) is 1. The van der Waals surface area contributed by atoms with Crippen molar-refractivity contribution in [1.82, 2.24) is 4.98 Å². The van der Waals surface area contributed by atoms with Crippen molar-refractivity contribution < 1.29 is 0 Å². The van der Waals surface area contributed by atoms with Gasteiger partial charge in [-0.05, 0) is 42.1 Å². The van der Waals surface area contributed by atoms with Crippen LogP contribution in [0.15, 0.2) is 24.4 Å². The van der Waals surface area contributed by atoms with Gasteiger partial charge in [-0.1, -0.05) is 26.8 Å². The van der Waals surface area contributed by atoms with Crippen LogP contribution >= 0.6 is 0 Å². The molecule has 0 radical (unpaired) electrons. The molecule has 1 atom stereocenters. The van der Waals surface area contributed by atoms with Gasteiger partial charge in [0.2, 0.25) is 0 Å². The fourth-order valence-corrected chi connectivity index (χ4v) is 2.47. The number of hydrogen-bond donors (Lipinski definition) is 2. The van der Waals surface area contributed by atoms with E-state index in [0.717, 1.165) is 6.42 Å². The lowest BCUT2D eigenvalue weighted by Gasteiger charge is -2.18. The standard InChI is InChI=1S/C15H22N2/c1-4-11-5-6-15-12(7-11)14(9-17-15)13(8-16)10(2)3/h5-7,9-10,13,17H,4,8,16H2,1-3H3. The monoisotopic (exact) mass is 230 g/mol. The highest BCUT2D eigenvalue weighted by molar-refractivity contribution is 5.84. The van der Waals surface area contributed by atoms with E-state index < -0.39 is 0 Å². The quantitative estimate of drug-likeness (QED) is 0.830. The lowest BCUT2D eigenvalue weighted by atomic mass is 9.88. The molecule has 0 spiro atoms. The highest BCUT2D eigenvalue weighted by Crippen LogP contribution is 2.30. The second-order valence-electron chi connectivity index (χ2n) is 5.06. The molecule has 3 N–H and O–H groups in total. The highest BCUT2D eigenvalue weighted by atomic mass is 14.7. The van der Waals surface area contributed by atoms with Crippen LogP contribution in [-0.4, -0.2) is 11.5 Å². The minimum atomic E-state index is 0.441. The minimum Gasteiger partial charge on any atom is -0.361 e. The van der Waals surface area contributed by atoms with E-state index in [0.29, 0.717) is 18.4 Å². The molecule has 1 aromatic heterocycles. The lowest BCUT2D eigenvalue weighted by molar-refractivity contribution is 0.509. The number of fused-ring (bicyclic) bond motifs is 1. The molecule has 0 saturated carbocycles. The number of hydrogen-bond acceptors (Lipinski definition) is 1. The number of aromatic nitrogens is 1. The third-order valence-electron chi connectivity index (χ3n) is 3.64. The molecule has 1 aromatic carbocycles. The summed E-state index contributed by atoms with van der Waals surface area (Å²) < 4.78 is 0. The van der Waals surface area contributed by atoms with Crippen molar-refractivity contribution in [1.29, 1.82) is 0 Å². The summed E-state index contributed by atoms with van der Waals surface area (Å²) in [6.07, 6.45) is 3.21. The van der Waals surface area contributed by atoms with Gasteiger partial charge in [-0.15, -0.1) is 0 Å². The molecule has 0 aliphatic heterocycles. The van der Waals surface area contributed by atoms with Crippen molar-refractivity contribution in [3.8, 4) is 0 Å². The Balaban J connectivity index is 2.53. The number of rotatable bonds is 4. The molecule has 1 unspecified atom stereocenters. The summed E-state index contributed by atoms with van der Waals surface area (Å²) in [5.74, 6) is 1.01. The van der Waals surface area contributed by atoms with Gasteiger partial charge in [-0.2, -0.15) is 0 Å². The Morgan fingerprint density at radius 2 is 2.06 bits per heavy atom. The van der Waals surface area contributed by atoms with Crippen LogP contribution in [0.1, 0.15) is 37.8 Å². The molecule has 2 rings (SSSR count). The number of aryl methyl sites for hydroxylation is 1. The van der Waals surface area contributed by atoms with Crippen LogP contribution in [0.2, 0.25) is 0 Å². The molecule has 0 fully saturated rings. The zero-order chi connectivity index (χ0) is 12.4. The maximum Gasteiger partial charge on any atom is 0.0457 e. The topological polar surface area (TPSA) is 41.8 Å². The van der Waals surface area contributed by atoms with Crippen molar-refractivity contribution in [2.75, 3.05) is 6.54 Å². The van der Waals surface area contributed by atoms with Crippen LogP contribution < -0.4 is 5.73 Å². The van der Waals surface area contributed by atoms with Crippen LogP contribution in [0, 0.1) is 5.92 Å². The van der Waals surface area contributed by atoms with Gasteiger partial charge in [-0.3, -0.25) is 0 Å². The molecule has 2 nitrogen and oxygen atoms in total. The summed E-state index contributed by atoms with van der Waals surface area (Å²) in [4.78, 5) is 3.35. The zero-order valence-electron chi connectivity index (χ0n) is 11.0. The molecule has 0 bridgehead atoms. The molecular formula is C15H22N2. The van der Waals surface area contributed by atoms with Crippen molar-refractivity contribution in [3.63, 3.8) is 0 Å². The van der Waals surface area contributed by atoms with Gasteiger partial charge < -0.3 is 10.7 Å². The number of nitrogens with two attached hydrogens (primary N) is 1. The highest BCUT2D eigenvalue weighted by Gasteiger charge is 2.17. The van der Waals surface area contributed by atoms with E-state index in [1.807, 2.05) is 0 Å². The molecule has 2 heteroatoms. The smallest absolute Gasteiger partial charge is 0.0457 e. The van der Waals surface area contributed by atoms with Crippen LogP contribution in [0.5, 0.6) is 0 Å². The third-order valence-corrected chi connectivity index (χ3v) is 3.64. The van der Waals surface area contributed by atoms with E-state index in [1.165, 1.54) is 22.0 Å². The summed E-state index contributed by atoms with van der Waals surface area (Å²) in [5.41, 5.74) is 9.89. The summed E-state index contributed by atoms with van der Waals surface area (Å²) in [5, 5.41) is 1.34. The minimum absolute atomic E-state index is 0.441. The number of aromatic amines is 1. The maximum absolute atomic E-state index is 5.91. The summed E-state index contributed by atoms with van der Waals surface area (Å²) in [7, 11) is 0. The van der Waals surface area contributed by atoms with E-state index in [1.54, 1.807) is 0 Å². The molecule has 92 valence electrons. The summed E-state index contributed by atoms with van der Waals surface area (Å²) in [6.45, 7) is 7.37. The van der Waals surface area contributed by atoms with Gasteiger partial charge in [0.1, 0.15) is 0 Å². The fourth-order valence-electron chi connectivity index (χ4n) is 2.47. The molecule has 1 heterocycles. The van der Waals surface area contributed by atoms with Gasteiger partial charge in [-0.25, -0.2) is 0 Å². The number of benzene rings is 1. The first-order valence-corrected chi connectivity index (χ1v) is 6.47. The van der Waals surface area contributed by atoms with E-state index in [-0.39, 0.29) is 0 Å². The van der Waals surface area contributed by atoms with Crippen molar-refractivity contribution in [2.45, 2.75) is 33.1 Å². The number of H-pyrrole nitrogens is 1. The van der Waals surface area contributed by atoms with Crippen LogP contribution in [0.4, 0.5) is 0 Å². The first kappa shape index (κ1) is 12.2. The van der Waals surface area contributed by atoms with E-state index in [2.05, 4.69) is 50.2 Å². The second-order valence-corrected chi connectivity index (χ2v) is 5.06. The molecular weight excluding hydrogens is 208 g/mol. The molecule has 0 saturated heterocycles.